The summed E-state index contributed by atoms with van der Waals surface area (Å²) in [5, 5.41) is 28.3. The van der Waals surface area contributed by atoms with E-state index in [-0.39, 0.29) is 47.1 Å². The predicted molar refractivity (Wildman–Crippen MR) is 201 cm³/mol. The Morgan fingerprint density at radius 1 is 0.941 bits per heavy atom. The molecule has 2 aromatic carbocycles. The molecule has 268 valence electrons. The van der Waals surface area contributed by atoms with Gasteiger partial charge in [-0.05, 0) is 105 Å². The van der Waals surface area contributed by atoms with Crippen LogP contribution in [0.25, 0.3) is 10.1 Å². The number of allylic oxidation sites excluding steroid dienone is 4. The van der Waals surface area contributed by atoms with Crippen LogP contribution in [0.15, 0.2) is 84.5 Å². The van der Waals surface area contributed by atoms with Gasteiger partial charge in [-0.3, -0.25) is 4.79 Å². The number of ether oxygens (including phenoxy) is 1. The van der Waals surface area contributed by atoms with Crippen LogP contribution in [-0.2, 0) is 4.74 Å². The second kappa shape index (κ2) is 11.9. The maximum absolute atomic E-state index is 15.1. The number of para-hydroxylation sites is 1. The number of carbonyl (C=O) groups is 2. The topological polar surface area (TPSA) is 99.1 Å². The number of carbonyl (C=O) groups excluding carboxylic acids is 2. The molecule has 1 saturated heterocycles. The van der Waals surface area contributed by atoms with Crippen molar-refractivity contribution in [2.24, 2.45) is 33.5 Å². The monoisotopic (exact) mass is 706 g/mol. The molecule has 4 fully saturated rings. The van der Waals surface area contributed by atoms with E-state index in [0.29, 0.717) is 26.0 Å². The zero-order valence-electron chi connectivity index (χ0n) is 29.8. The van der Waals surface area contributed by atoms with E-state index in [1.807, 2.05) is 42.5 Å². The maximum Gasteiger partial charge on any atom is 0.322 e. The van der Waals surface area contributed by atoms with Crippen LogP contribution in [0.1, 0.15) is 81.3 Å². The SMILES string of the molecule is CC12CCC(O)CC13C=CC1(C(C(=O)c4cc5ccccc5s4)=C3)C2CCC2(C)C1CCC2(O)CN(CC1CCCO1)C(=O)Nc1ccccc1. The van der Waals surface area contributed by atoms with Crippen LogP contribution in [0.4, 0.5) is 10.5 Å². The summed E-state index contributed by atoms with van der Waals surface area (Å²) in [4.78, 5) is 31.6. The van der Waals surface area contributed by atoms with Crippen molar-refractivity contribution in [3.05, 3.63) is 89.3 Å². The molecule has 2 spiro atoms. The summed E-state index contributed by atoms with van der Waals surface area (Å²) in [5.41, 5.74) is -1.14. The van der Waals surface area contributed by atoms with Gasteiger partial charge in [0.15, 0.2) is 5.78 Å². The lowest BCUT2D eigenvalue weighted by molar-refractivity contribution is -0.175. The van der Waals surface area contributed by atoms with Crippen LogP contribution in [0.2, 0.25) is 0 Å². The lowest BCUT2D eigenvalue weighted by Gasteiger charge is -2.71. The Bertz CT molecular complexity index is 1900. The van der Waals surface area contributed by atoms with E-state index in [1.165, 1.54) is 0 Å². The zero-order valence-corrected chi connectivity index (χ0v) is 30.6. The van der Waals surface area contributed by atoms with Crippen LogP contribution < -0.4 is 5.32 Å². The second-order valence-electron chi connectivity index (χ2n) is 17.1. The van der Waals surface area contributed by atoms with Gasteiger partial charge in [0.2, 0.25) is 0 Å². The molecule has 7 nitrogen and oxygen atoms in total. The molecule has 8 heteroatoms. The smallest absolute Gasteiger partial charge is 0.322 e. The Labute approximate surface area is 304 Å². The number of hydrogen-bond acceptors (Lipinski definition) is 6. The van der Waals surface area contributed by atoms with E-state index < -0.39 is 22.5 Å². The molecule has 9 unspecified atom stereocenters. The molecule has 3 saturated carbocycles. The molecule has 7 aliphatic rings. The molecule has 2 amide bonds. The van der Waals surface area contributed by atoms with Crippen molar-refractivity contribution in [2.75, 3.05) is 25.0 Å². The van der Waals surface area contributed by atoms with Crippen molar-refractivity contribution in [1.82, 2.24) is 4.90 Å². The summed E-state index contributed by atoms with van der Waals surface area (Å²) in [6, 6.07) is 19.5. The van der Waals surface area contributed by atoms with Crippen LogP contribution in [-0.4, -0.2) is 64.4 Å². The first-order valence-electron chi connectivity index (χ1n) is 19.1. The van der Waals surface area contributed by atoms with Gasteiger partial charge in [-0.1, -0.05) is 68.5 Å². The third-order valence-corrected chi connectivity index (χ3v) is 15.9. The molecular formula is C43H50N2O5S. The van der Waals surface area contributed by atoms with Gasteiger partial charge in [-0.15, -0.1) is 11.3 Å². The second-order valence-corrected chi connectivity index (χ2v) is 18.2. The van der Waals surface area contributed by atoms with E-state index in [9.17, 15) is 15.0 Å². The summed E-state index contributed by atoms with van der Waals surface area (Å²) in [6.45, 7) is 5.99. The number of rotatable bonds is 7. The van der Waals surface area contributed by atoms with Crippen molar-refractivity contribution in [3.8, 4) is 0 Å². The van der Waals surface area contributed by atoms with Gasteiger partial charge < -0.3 is 25.2 Å². The number of anilines is 1. The molecular weight excluding hydrogens is 657 g/mol. The average molecular weight is 707 g/mol. The van der Waals surface area contributed by atoms with Crippen molar-refractivity contribution in [3.63, 3.8) is 0 Å². The predicted octanol–water partition coefficient (Wildman–Crippen LogP) is 8.39. The molecule has 6 aliphatic carbocycles. The van der Waals surface area contributed by atoms with Crippen LogP contribution in [0, 0.1) is 33.5 Å². The van der Waals surface area contributed by atoms with Crippen molar-refractivity contribution in [1.29, 1.82) is 0 Å². The van der Waals surface area contributed by atoms with E-state index in [4.69, 9.17) is 4.74 Å². The number of amides is 2. The first-order chi connectivity index (χ1) is 24.5. The number of benzene rings is 2. The molecule has 2 bridgehead atoms. The molecule has 9 atom stereocenters. The summed E-state index contributed by atoms with van der Waals surface area (Å²) in [5.74, 6) is 0.318. The van der Waals surface area contributed by atoms with Gasteiger partial charge in [0.25, 0.3) is 0 Å². The van der Waals surface area contributed by atoms with Gasteiger partial charge in [-0.25, -0.2) is 4.79 Å². The Morgan fingerprint density at radius 3 is 2.47 bits per heavy atom. The van der Waals surface area contributed by atoms with Gasteiger partial charge >= 0.3 is 6.03 Å². The fraction of sp³-hybridized carbons (Fsp3) is 0.535. The standard InChI is InChI=1S/C43H50N2O5S/c1-39-17-14-30(46)24-41(39)20-21-43(32(25-41)37(47)34-23-28-9-6-7-13-33(28)51-34)35(39)15-18-40(2)36(43)16-19-42(40,49)27-45(26-31-12-8-22-50-31)38(48)44-29-10-4-3-5-11-29/h3-7,9-11,13,20-21,23,25,30-31,35-36,46,49H,8,12,14-19,22,24,26-27H2,1-2H3,(H,44,48). The maximum atomic E-state index is 15.1. The number of urea groups is 1. The Kier molecular flexibility index (Phi) is 7.79. The fourth-order valence-corrected chi connectivity index (χ4v) is 13.1. The van der Waals surface area contributed by atoms with Gasteiger partial charge in [-0.2, -0.15) is 0 Å². The summed E-state index contributed by atoms with van der Waals surface area (Å²) >= 11 is 1.56. The molecule has 10 rings (SSSR count). The molecule has 0 radical (unpaired) electrons. The number of hydrogen-bond donors (Lipinski definition) is 3. The molecule has 2 heterocycles. The highest BCUT2D eigenvalue weighted by atomic mass is 32.1. The number of nitrogens with zero attached hydrogens (tertiary/aromatic N) is 1. The minimum absolute atomic E-state index is 0.0123. The summed E-state index contributed by atoms with van der Waals surface area (Å²) in [6.07, 6.45) is 13.8. The molecule has 3 aromatic rings. The van der Waals surface area contributed by atoms with Gasteiger partial charge in [0, 0.05) is 45.4 Å². The summed E-state index contributed by atoms with van der Waals surface area (Å²) < 4.78 is 7.12. The van der Waals surface area contributed by atoms with E-state index in [0.717, 1.165) is 71.2 Å². The van der Waals surface area contributed by atoms with Crippen LogP contribution >= 0.6 is 11.3 Å². The number of thiophene rings is 1. The first-order valence-corrected chi connectivity index (χ1v) is 19.9. The summed E-state index contributed by atoms with van der Waals surface area (Å²) in [7, 11) is 0. The van der Waals surface area contributed by atoms with Crippen LogP contribution in [0.5, 0.6) is 0 Å². The molecule has 3 N–H and O–H groups in total. The Morgan fingerprint density at radius 2 is 1.69 bits per heavy atom. The van der Waals surface area contributed by atoms with E-state index in [1.54, 1.807) is 16.2 Å². The van der Waals surface area contributed by atoms with Crippen LogP contribution in [0.3, 0.4) is 0 Å². The number of aliphatic hydroxyl groups excluding tert-OH is 1. The third kappa shape index (κ3) is 4.85. The van der Waals surface area contributed by atoms with Crippen molar-refractivity contribution in [2.45, 2.75) is 89.4 Å². The number of nitrogens with one attached hydrogen (secondary N) is 1. The molecule has 1 aliphatic heterocycles. The average Bonchev–Trinajstić information content (AvgIpc) is 3.86. The van der Waals surface area contributed by atoms with Crippen molar-refractivity contribution < 1.29 is 24.5 Å². The number of ketones is 1. The van der Waals surface area contributed by atoms with E-state index in [2.05, 4.69) is 55.6 Å². The lowest BCUT2D eigenvalue weighted by Crippen LogP contribution is -2.67. The number of Topliss-reactive ketones (excluding diaryl/α,β-unsaturated/α-hetero) is 1. The van der Waals surface area contributed by atoms with Gasteiger partial charge in [0.05, 0.1) is 29.2 Å². The van der Waals surface area contributed by atoms with Crippen molar-refractivity contribution >= 4 is 38.9 Å². The Balaban J connectivity index is 1.11. The highest BCUT2D eigenvalue weighted by Gasteiger charge is 2.74. The molecule has 1 aromatic heterocycles. The largest absolute Gasteiger partial charge is 0.393 e. The highest BCUT2D eigenvalue weighted by molar-refractivity contribution is 7.21. The zero-order chi connectivity index (χ0) is 35.2. The lowest BCUT2D eigenvalue weighted by atomic mass is 9.32. The van der Waals surface area contributed by atoms with E-state index >= 15 is 4.79 Å². The normalized spacial score (nSPS) is 39.3. The van der Waals surface area contributed by atoms with Gasteiger partial charge in [0.1, 0.15) is 0 Å². The third-order valence-electron chi connectivity index (χ3n) is 14.8. The quantitative estimate of drug-likeness (QED) is 0.169. The number of aliphatic hydroxyl groups is 2. The minimum Gasteiger partial charge on any atom is -0.393 e. The molecule has 51 heavy (non-hydrogen) atoms. The first kappa shape index (κ1) is 33.5. The Hall–Kier alpha value is -3.30. The fourth-order valence-electron chi connectivity index (χ4n) is 12.1. The highest BCUT2D eigenvalue weighted by Crippen LogP contribution is 2.78. The number of fused-ring (bicyclic) bond motifs is 2. The minimum atomic E-state index is -1.15.